The molecule has 0 aliphatic heterocycles. The van der Waals surface area contributed by atoms with E-state index in [1.807, 2.05) is 25.1 Å². The number of carbonyl (C=O) groups excluding carboxylic acids is 1. The van der Waals surface area contributed by atoms with Crippen LogP contribution in [0.1, 0.15) is 29.0 Å². The number of carbonyl (C=O) groups is 1. The number of nitrogens with zero attached hydrogens (tertiary/aromatic N) is 1. The predicted octanol–water partition coefficient (Wildman–Crippen LogP) is 2.92. The van der Waals surface area contributed by atoms with Gasteiger partial charge >= 0.3 is 0 Å². The van der Waals surface area contributed by atoms with Crippen LogP contribution in [0, 0.1) is 0 Å². The lowest BCUT2D eigenvalue weighted by atomic mass is 10.1. The van der Waals surface area contributed by atoms with E-state index in [2.05, 4.69) is 26.2 Å². The van der Waals surface area contributed by atoms with Crippen LogP contribution in [0.15, 0.2) is 47.1 Å². The fourth-order valence-electron chi connectivity index (χ4n) is 1.73. The summed E-state index contributed by atoms with van der Waals surface area (Å²) in [5.74, 6) is -0.175. The molecule has 0 bridgehead atoms. The highest BCUT2D eigenvalue weighted by molar-refractivity contribution is 9.10. The molecule has 0 radical (unpaired) electrons. The van der Waals surface area contributed by atoms with Gasteiger partial charge in [-0.1, -0.05) is 22.0 Å². The topological polar surface area (TPSA) is 68.0 Å². The second-order valence-corrected chi connectivity index (χ2v) is 5.14. The molecule has 0 aliphatic rings. The minimum atomic E-state index is -0.175. The van der Waals surface area contributed by atoms with Gasteiger partial charge in [0.1, 0.15) is 0 Å². The fourth-order valence-corrected chi connectivity index (χ4v) is 2.24. The van der Waals surface area contributed by atoms with Crippen molar-refractivity contribution in [2.45, 2.75) is 13.0 Å². The SMILES string of the molecule is CC(NC(=O)c1cc(N)cc(Br)c1)c1ccccn1. The first-order valence-corrected chi connectivity index (χ1v) is 6.63. The highest BCUT2D eigenvalue weighted by Crippen LogP contribution is 2.18. The third-order valence-corrected chi connectivity index (χ3v) is 3.12. The fraction of sp³-hybridized carbons (Fsp3) is 0.143. The molecule has 1 aromatic heterocycles. The molecule has 2 rings (SSSR count). The van der Waals surface area contributed by atoms with Crippen molar-refractivity contribution in [1.82, 2.24) is 10.3 Å². The average molecular weight is 320 g/mol. The zero-order chi connectivity index (χ0) is 13.8. The van der Waals surface area contributed by atoms with Crippen molar-refractivity contribution in [3.63, 3.8) is 0 Å². The number of nitrogen functional groups attached to an aromatic ring is 1. The summed E-state index contributed by atoms with van der Waals surface area (Å²) in [7, 11) is 0. The smallest absolute Gasteiger partial charge is 0.251 e. The van der Waals surface area contributed by atoms with Crippen molar-refractivity contribution >= 4 is 27.5 Å². The lowest BCUT2D eigenvalue weighted by Crippen LogP contribution is -2.27. The van der Waals surface area contributed by atoms with Crippen LogP contribution < -0.4 is 11.1 Å². The van der Waals surface area contributed by atoms with Crippen LogP contribution in [-0.2, 0) is 0 Å². The normalized spacial score (nSPS) is 11.9. The number of hydrogen-bond acceptors (Lipinski definition) is 3. The molecule has 3 N–H and O–H groups in total. The predicted molar refractivity (Wildman–Crippen MR) is 78.7 cm³/mol. The highest BCUT2D eigenvalue weighted by Gasteiger charge is 2.12. The molecular weight excluding hydrogens is 306 g/mol. The van der Waals surface area contributed by atoms with Gasteiger partial charge in [-0.25, -0.2) is 0 Å². The Kier molecular flexibility index (Phi) is 4.16. The minimum Gasteiger partial charge on any atom is -0.399 e. The van der Waals surface area contributed by atoms with Crippen LogP contribution in [0.2, 0.25) is 0 Å². The quantitative estimate of drug-likeness (QED) is 0.855. The maximum atomic E-state index is 12.1. The molecule has 1 amide bonds. The van der Waals surface area contributed by atoms with E-state index in [1.165, 1.54) is 0 Å². The third kappa shape index (κ3) is 3.54. The molecule has 98 valence electrons. The Morgan fingerprint density at radius 1 is 1.37 bits per heavy atom. The van der Waals surface area contributed by atoms with E-state index in [-0.39, 0.29) is 11.9 Å². The summed E-state index contributed by atoms with van der Waals surface area (Å²) in [6.45, 7) is 1.89. The highest BCUT2D eigenvalue weighted by atomic mass is 79.9. The Morgan fingerprint density at radius 2 is 2.16 bits per heavy atom. The van der Waals surface area contributed by atoms with E-state index in [9.17, 15) is 4.79 Å². The molecule has 4 nitrogen and oxygen atoms in total. The van der Waals surface area contributed by atoms with Gasteiger partial charge in [-0.3, -0.25) is 9.78 Å². The van der Waals surface area contributed by atoms with Gasteiger partial charge in [-0.15, -0.1) is 0 Å². The number of nitrogens with two attached hydrogens (primary N) is 1. The molecule has 0 aliphatic carbocycles. The first-order chi connectivity index (χ1) is 9.06. The molecular formula is C14H14BrN3O. The number of nitrogens with one attached hydrogen (secondary N) is 1. The minimum absolute atomic E-state index is 0.158. The van der Waals surface area contributed by atoms with Crippen molar-refractivity contribution in [2.75, 3.05) is 5.73 Å². The molecule has 0 spiro atoms. The molecule has 0 saturated heterocycles. The van der Waals surface area contributed by atoms with Crippen LogP contribution in [0.25, 0.3) is 0 Å². The molecule has 2 aromatic rings. The maximum absolute atomic E-state index is 12.1. The van der Waals surface area contributed by atoms with Crippen molar-refractivity contribution in [3.8, 4) is 0 Å². The Morgan fingerprint density at radius 3 is 2.79 bits per heavy atom. The van der Waals surface area contributed by atoms with Gasteiger partial charge in [-0.2, -0.15) is 0 Å². The van der Waals surface area contributed by atoms with Crippen LogP contribution in [0.5, 0.6) is 0 Å². The van der Waals surface area contributed by atoms with Crippen molar-refractivity contribution in [1.29, 1.82) is 0 Å². The number of pyridine rings is 1. The molecule has 1 unspecified atom stereocenters. The molecule has 19 heavy (non-hydrogen) atoms. The number of aromatic nitrogens is 1. The van der Waals surface area contributed by atoms with E-state index in [4.69, 9.17) is 5.73 Å². The summed E-state index contributed by atoms with van der Waals surface area (Å²) in [4.78, 5) is 16.3. The monoisotopic (exact) mass is 319 g/mol. The lowest BCUT2D eigenvalue weighted by Gasteiger charge is -2.13. The van der Waals surface area contributed by atoms with E-state index in [0.29, 0.717) is 11.3 Å². The summed E-state index contributed by atoms with van der Waals surface area (Å²) >= 11 is 3.32. The summed E-state index contributed by atoms with van der Waals surface area (Å²) in [5.41, 5.74) is 7.60. The van der Waals surface area contributed by atoms with Crippen LogP contribution in [0.4, 0.5) is 5.69 Å². The van der Waals surface area contributed by atoms with Gasteiger partial charge < -0.3 is 11.1 Å². The number of halogens is 1. The van der Waals surface area contributed by atoms with Gasteiger partial charge in [0, 0.05) is 21.9 Å². The average Bonchev–Trinajstić information content (AvgIpc) is 2.38. The summed E-state index contributed by atoms with van der Waals surface area (Å²) in [5, 5.41) is 2.89. The number of benzene rings is 1. The Labute approximate surface area is 120 Å². The van der Waals surface area contributed by atoms with Gasteiger partial charge in [-0.05, 0) is 37.3 Å². The Hall–Kier alpha value is -1.88. The second-order valence-electron chi connectivity index (χ2n) is 4.22. The van der Waals surface area contributed by atoms with Gasteiger partial charge in [0.2, 0.25) is 0 Å². The van der Waals surface area contributed by atoms with E-state index >= 15 is 0 Å². The van der Waals surface area contributed by atoms with Crippen LogP contribution >= 0.6 is 15.9 Å². The first kappa shape index (κ1) is 13.5. The lowest BCUT2D eigenvalue weighted by molar-refractivity contribution is 0.0939. The number of rotatable bonds is 3. The van der Waals surface area contributed by atoms with Gasteiger partial charge in [0.05, 0.1) is 11.7 Å². The zero-order valence-electron chi connectivity index (χ0n) is 10.4. The molecule has 0 fully saturated rings. The molecule has 0 saturated carbocycles. The summed E-state index contributed by atoms with van der Waals surface area (Å²) in [6, 6.07) is 10.6. The van der Waals surface area contributed by atoms with E-state index in [0.717, 1.165) is 10.2 Å². The van der Waals surface area contributed by atoms with Crippen LogP contribution in [-0.4, -0.2) is 10.9 Å². The van der Waals surface area contributed by atoms with Crippen LogP contribution in [0.3, 0.4) is 0 Å². The number of hydrogen-bond donors (Lipinski definition) is 2. The Bertz CT molecular complexity index is 566. The summed E-state index contributed by atoms with van der Waals surface area (Å²) in [6.07, 6.45) is 1.70. The third-order valence-electron chi connectivity index (χ3n) is 2.66. The molecule has 1 heterocycles. The first-order valence-electron chi connectivity index (χ1n) is 5.84. The van der Waals surface area contributed by atoms with Crippen molar-refractivity contribution in [3.05, 3.63) is 58.3 Å². The van der Waals surface area contributed by atoms with E-state index in [1.54, 1.807) is 24.4 Å². The molecule has 1 atom stereocenters. The molecule has 5 heteroatoms. The van der Waals surface area contributed by atoms with Crippen molar-refractivity contribution < 1.29 is 4.79 Å². The second kappa shape index (κ2) is 5.84. The zero-order valence-corrected chi connectivity index (χ0v) is 12.0. The van der Waals surface area contributed by atoms with Crippen molar-refractivity contribution in [2.24, 2.45) is 0 Å². The maximum Gasteiger partial charge on any atom is 0.251 e. The summed E-state index contributed by atoms with van der Waals surface area (Å²) < 4.78 is 0.781. The van der Waals surface area contributed by atoms with Gasteiger partial charge in [0.15, 0.2) is 0 Å². The standard InChI is InChI=1S/C14H14BrN3O/c1-9(13-4-2-3-5-17-13)18-14(19)10-6-11(15)8-12(16)7-10/h2-9H,16H2,1H3,(H,18,19). The largest absolute Gasteiger partial charge is 0.399 e. The Balaban J connectivity index is 2.13. The number of anilines is 1. The molecule has 1 aromatic carbocycles. The van der Waals surface area contributed by atoms with E-state index < -0.39 is 0 Å². The number of amides is 1. The van der Waals surface area contributed by atoms with Gasteiger partial charge in [0.25, 0.3) is 5.91 Å².